The zero-order chi connectivity index (χ0) is 17.6. The van der Waals surface area contributed by atoms with E-state index in [0.717, 1.165) is 30.5 Å². The van der Waals surface area contributed by atoms with Gasteiger partial charge in [-0.15, -0.1) is 0 Å². The molecule has 5 nitrogen and oxygen atoms in total. The van der Waals surface area contributed by atoms with Gasteiger partial charge in [-0.25, -0.2) is 18.2 Å². The number of halogens is 3. The number of pyridine rings is 1. The normalized spacial score (nSPS) is 12.0. The molecule has 0 radical (unpaired) electrons. The van der Waals surface area contributed by atoms with Crippen molar-refractivity contribution in [2.45, 2.75) is 12.8 Å². The molecule has 0 saturated heterocycles. The Morgan fingerprint density at radius 3 is 2.80 bits per heavy atom. The molecule has 0 spiro atoms. The van der Waals surface area contributed by atoms with Crippen LogP contribution < -0.4 is 0 Å². The average Bonchev–Trinajstić information content (AvgIpc) is 3.20. The van der Waals surface area contributed by atoms with Gasteiger partial charge in [0, 0.05) is 35.8 Å². The van der Waals surface area contributed by atoms with Gasteiger partial charge >= 0.3 is 0 Å². The molecule has 0 atom stereocenters. The largest absolute Gasteiger partial charge is 0.345 e. The van der Waals surface area contributed by atoms with Crippen LogP contribution in [0.4, 0.5) is 13.2 Å². The van der Waals surface area contributed by atoms with Crippen LogP contribution in [0, 0.1) is 5.82 Å². The van der Waals surface area contributed by atoms with Crippen molar-refractivity contribution in [3.05, 3.63) is 54.1 Å². The molecule has 1 N–H and O–H groups in total. The Bertz CT molecular complexity index is 1070. The summed E-state index contributed by atoms with van der Waals surface area (Å²) in [6.07, 6.45) is 3.29. The van der Waals surface area contributed by atoms with Crippen molar-refractivity contribution < 1.29 is 17.7 Å². The number of H-pyrrole nitrogens is 1. The van der Waals surface area contributed by atoms with Crippen LogP contribution >= 0.6 is 0 Å². The number of aromatic nitrogens is 4. The third-order valence-corrected chi connectivity index (χ3v) is 3.82. The zero-order valence-electron chi connectivity index (χ0n) is 12.9. The van der Waals surface area contributed by atoms with Crippen LogP contribution in [0.15, 0.2) is 47.2 Å². The second-order valence-corrected chi connectivity index (χ2v) is 5.61. The van der Waals surface area contributed by atoms with Crippen molar-refractivity contribution in [1.29, 1.82) is 0 Å². The summed E-state index contributed by atoms with van der Waals surface area (Å²) in [6, 6.07) is 6.59. The van der Waals surface area contributed by atoms with E-state index >= 15 is 0 Å². The van der Waals surface area contributed by atoms with E-state index in [1.165, 1.54) is 0 Å². The van der Waals surface area contributed by atoms with E-state index in [1.807, 2.05) is 6.07 Å². The fraction of sp³-hybridized carbons (Fsp3) is 0.118. The standard InChI is InChI=1S/C17H11F3N4O/c1-17(19,20)9-4-5-13(18)11(7-9)16-23-15(24-25-16)12-8-22-14-10(12)3-2-6-21-14/h2-8H,1H3,(H,21,22). The van der Waals surface area contributed by atoms with E-state index in [9.17, 15) is 13.2 Å². The minimum absolute atomic E-state index is 0.170. The quantitative estimate of drug-likeness (QED) is 0.593. The molecule has 8 heteroatoms. The van der Waals surface area contributed by atoms with Crippen LogP contribution in [0.5, 0.6) is 0 Å². The van der Waals surface area contributed by atoms with Crippen LogP contribution in [0.25, 0.3) is 33.9 Å². The number of benzene rings is 1. The summed E-state index contributed by atoms with van der Waals surface area (Å²) in [4.78, 5) is 11.3. The van der Waals surface area contributed by atoms with Crippen molar-refractivity contribution in [2.75, 3.05) is 0 Å². The predicted molar refractivity (Wildman–Crippen MR) is 84.3 cm³/mol. The molecule has 25 heavy (non-hydrogen) atoms. The Morgan fingerprint density at radius 2 is 2.00 bits per heavy atom. The summed E-state index contributed by atoms with van der Waals surface area (Å²) in [6.45, 7) is 0.738. The van der Waals surface area contributed by atoms with Crippen molar-refractivity contribution in [3.63, 3.8) is 0 Å². The molecule has 4 rings (SSSR count). The maximum Gasteiger partial charge on any atom is 0.270 e. The summed E-state index contributed by atoms with van der Waals surface area (Å²) < 4.78 is 46.1. The average molecular weight is 344 g/mol. The van der Waals surface area contributed by atoms with E-state index < -0.39 is 11.7 Å². The van der Waals surface area contributed by atoms with Crippen LogP contribution in [-0.2, 0) is 5.92 Å². The Kier molecular flexibility index (Phi) is 3.34. The Hall–Kier alpha value is -3.16. The summed E-state index contributed by atoms with van der Waals surface area (Å²) in [5.74, 6) is -3.78. The maximum absolute atomic E-state index is 14.1. The number of fused-ring (bicyclic) bond motifs is 1. The second-order valence-electron chi connectivity index (χ2n) is 5.61. The lowest BCUT2D eigenvalue weighted by atomic mass is 10.1. The summed E-state index contributed by atoms with van der Waals surface area (Å²) in [7, 11) is 0. The monoisotopic (exact) mass is 344 g/mol. The summed E-state index contributed by atoms with van der Waals surface area (Å²) >= 11 is 0. The fourth-order valence-corrected chi connectivity index (χ4v) is 2.55. The lowest BCUT2D eigenvalue weighted by Gasteiger charge is -2.11. The third kappa shape index (κ3) is 2.65. The molecule has 0 fully saturated rings. The first-order valence-corrected chi connectivity index (χ1v) is 7.38. The zero-order valence-corrected chi connectivity index (χ0v) is 12.9. The lowest BCUT2D eigenvalue weighted by Crippen LogP contribution is -2.07. The number of nitrogens with one attached hydrogen (secondary N) is 1. The fourth-order valence-electron chi connectivity index (χ4n) is 2.55. The van der Waals surface area contributed by atoms with Gasteiger partial charge in [-0.3, -0.25) is 0 Å². The minimum Gasteiger partial charge on any atom is -0.345 e. The number of alkyl halides is 2. The molecule has 3 aromatic heterocycles. The van der Waals surface area contributed by atoms with Gasteiger partial charge in [0.2, 0.25) is 5.82 Å². The molecular formula is C17H11F3N4O. The van der Waals surface area contributed by atoms with E-state index in [0.29, 0.717) is 11.2 Å². The highest BCUT2D eigenvalue weighted by atomic mass is 19.3. The predicted octanol–water partition coefficient (Wildman–Crippen LogP) is 4.53. The smallest absolute Gasteiger partial charge is 0.270 e. The van der Waals surface area contributed by atoms with E-state index in [1.54, 1.807) is 18.5 Å². The van der Waals surface area contributed by atoms with E-state index in [4.69, 9.17) is 4.52 Å². The van der Waals surface area contributed by atoms with Crippen LogP contribution in [-0.4, -0.2) is 20.1 Å². The SMILES string of the molecule is CC(F)(F)c1ccc(F)c(-c2nc(-c3c[nH]c4ncccc34)no2)c1. The molecule has 0 amide bonds. The Morgan fingerprint density at radius 1 is 1.16 bits per heavy atom. The molecule has 0 unspecified atom stereocenters. The van der Waals surface area contributed by atoms with Gasteiger partial charge < -0.3 is 9.51 Å². The summed E-state index contributed by atoms with van der Waals surface area (Å²) in [5.41, 5.74) is 0.758. The molecule has 0 aliphatic heterocycles. The van der Waals surface area contributed by atoms with Gasteiger partial charge in [-0.1, -0.05) is 11.2 Å². The van der Waals surface area contributed by atoms with E-state index in [2.05, 4.69) is 20.1 Å². The molecule has 3 heterocycles. The highest BCUT2D eigenvalue weighted by molar-refractivity contribution is 5.91. The van der Waals surface area contributed by atoms with Gasteiger partial charge in [0.15, 0.2) is 0 Å². The first-order valence-electron chi connectivity index (χ1n) is 7.38. The Balaban J connectivity index is 1.80. The molecule has 0 aliphatic rings. The van der Waals surface area contributed by atoms with Crippen LogP contribution in [0.2, 0.25) is 0 Å². The van der Waals surface area contributed by atoms with Crippen molar-refractivity contribution in [3.8, 4) is 22.8 Å². The van der Waals surface area contributed by atoms with Gasteiger partial charge in [0.1, 0.15) is 11.5 Å². The number of aromatic amines is 1. The first-order chi connectivity index (χ1) is 11.9. The van der Waals surface area contributed by atoms with Gasteiger partial charge in [-0.05, 0) is 24.3 Å². The maximum atomic E-state index is 14.1. The highest BCUT2D eigenvalue weighted by Crippen LogP contribution is 2.33. The van der Waals surface area contributed by atoms with Crippen molar-refractivity contribution in [2.24, 2.45) is 0 Å². The molecule has 0 saturated carbocycles. The van der Waals surface area contributed by atoms with Crippen molar-refractivity contribution in [1.82, 2.24) is 20.1 Å². The summed E-state index contributed by atoms with van der Waals surface area (Å²) in [5, 5.41) is 4.60. The topological polar surface area (TPSA) is 67.6 Å². The van der Waals surface area contributed by atoms with Gasteiger partial charge in [0.05, 0.1) is 5.56 Å². The van der Waals surface area contributed by atoms with E-state index in [-0.39, 0.29) is 22.8 Å². The number of hydrogen-bond donors (Lipinski definition) is 1. The molecule has 0 bridgehead atoms. The van der Waals surface area contributed by atoms with Gasteiger partial charge in [-0.2, -0.15) is 4.98 Å². The Labute approximate surface area is 139 Å². The van der Waals surface area contributed by atoms with Gasteiger partial charge in [0.25, 0.3) is 11.8 Å². The van der Waals surface area contributed by atoms with Crippen LogP contribution in [0.1, 0.15) is 12.5 Å². The lowest BCUT2D eigenvalue weighted by molar-refractivity contribution is 0.0174. The van der Waals surface area contributed by atoms with Crippen LogP contribution in [0.3, 0.4) is 0 Å². The molecular weight excluding hydrogens is 333 g/mol. The molecule has 126 valence electrons. The number of nitrogens with zero attached hydrogens (tertiary/aromatic N) is 3. The van der Waals surface area contributed by atoms with Crippen molar-refractivity contribution >= 4 is 11.0 Å². The first kappa shape index (κ1) is 15.4. The second kappa shape index (κ2) is 5.44. The minimum atomic E-state index is -3.10. The third-order valence-electron chi connectivity index (χ3n) is 3.82. The molecule has 0 aliphatic carbocycles. The molecule has 1 aromatic carbocycles. The number of hydrogen-bond acceptors (Lipinski definition) is 4. The molecule has 4 aromatic rings. The number of rotatable bonds is 3. The highest BCUT2D eigenvalue weighted by Gasteiger charge is 2.27.